The average Bonchev–Trinajstić information content (AvgIpc) is 3.38. The van der Waals surface area contributed by atoms with E-state index in [-0.39, 0.29) is 29.3 Å². The van der Waals surface area contributed by atoms with Gasteiger partial charge < -0.3 is 36.2 Å². The second-order valence-corrected chi connectivity index (χ2v) is 11.3. The zero-order valence-corrected chi connectivity index (χ0v) is 22.1. The Kier molecular flexibility index (Phi) is 6.99. The number of nitrogens with one attached hydrogen (secondary N) is 2. The summed E-state index contributed by atoms with van der Waals surface area (Å²) in [7, 11) is 1.95. The van der Waals surface area contributed by atoms with Crippen molar-refractivity contribution in [3.8, 4) is 0 Å². The molecule has 3 aromatic rings. The van der Waals surface area contributed by atoms with Crippen molar-refractivity contribution in [1.29, 1.82) is 0 Å². The largest absolute Gasteiger partial charge is 0.387 e. The first kappa shape index (κ1) is 26.3. The number of benzene rings is 1. The molecule has 204 valence electrons. The molecule has 1 saturated heterocycles. The average molecular weight is 525 g/mol. The number of aromatic nitrogens is 4. The number of urea groups is 1. The molecule has 2 aromatic heterocycles. The molecule has 1 aliphatic heterocycles. The molecule has 2 aliphatic rings. The van der Waals surface area contributed by atoms with Crippen LogP contribution in [0.5, 0.6) is 0 Å². The summed E-state index contributed by atoms with van der Waals surface area (Å²) >= 11 is 0. The second-order valence-electron chi connectivity index (χ2n) is 11.3. The standard InChI is InChI=1S/C26H36N8O4/c1-26(2,3)14-5-7-15(8-6-14)31-25(37)32-16-9-17(10-16)33(4)11-18-20(35)21(36)24(38-18)34-13-30-19-22(27)28-12-29-23(19)34/h5-8,12-13,16-18,20-21,24,35-36H,9-11H2,1-4H3,(H2,27,28,29)(H2,31,32,37)/t16?,17?,18-,20-,21-,24-/m1/s1. The van der Waals surface area contributed by atoms with Gasteiger partial charge in [-0.25, -0.2) is 19.7 Å². The lowest BCUT2D eigenvalue weighted by Gasteiger charge is -2.42. The van der Waals surface area contributed by atoms with Gasteiger partial charge in [-0.1, -0.05) is 32.9 Å². The quantitative estimate of drug-likeness (QED) is 0.322. The highest BCUT2D eigenvalue weighted by molar-refractivity contribution is 5.89. The van der Waals surface area contributed by atoms with E-state index in [0.29, 0.717) is 17.7 Å². The molecule has 6 N–H and O–H groups in total. The molecule has 5 rings (SSSR count). The van der Waals surface area contributed by atoms with Crippen molar-refractivity contribution in [2.75, 3.05) is 24.6 Å². The predicted octanol–water partition coefficient (Wildman–Crippen LogP) is 1.61. The predicted molar refractivity (Wildman–Crippen MR) is 142 cm³/mol. The molecular weight excluding hydrogens is 488 g/mol. The molecule has 2 fully saturated rings. The number of imidazole rings is 1. The van der Waals surface area contributed by atoms with Crippen LogP contribution in [-0.2, 0) is 10.2 Å². The number of anilines is 2. The van der Waals surface area contributed by atoms with Crippen molar-refractivity contribution in [2.24, 2.45) is 0 Å². The van der Waals surface area contributed by atoms with Crippen molar-refractivity contribution in [3.05, 3.63) is 42.5 Å². The third-order valence-corrected chi connectivity index (χ3v) is 7.55. The summed E-state index contributed by atoms with van der Waals surface area (Å²) in [6, 6.07) is 7.96. The van der Waals surface area contributed by atoms with Crippen LogP contribution in [0.15, 0.2) is 36.9 Å². The number of likely N-dealkylation sites (N-methyl/N-ethyl adjacent to an activating group) is 1. The van der Waals surface area contributed by atoms with Crippen LogP contribution < -0.4 is 16.4 Å². The van der Waals surface area contributed by atoms with Crippen LogP contribution in [0, 0.1) is 0 Å². The van der Waals surface area contributed by atoms with Gasteiger partial charge in [0.25, 0.3) is 0 Å². The molecule has 4 atom stereocenters. The van der Waals surface area contributed by atoms with Crippen LogP contribution in [0.2, 0.25) is 0 Å². The Balaban J connectivity index is 1.10. The number of amides is 2. The Morgan fingerprint density at radius 2 is 1.87 bits per heavy atom. The summed E-state index contributed by atoms with van der Waals surface area (Å²) in [5, 5.41) is 27.3. The van der Waals surface area contributed by atoms with Crippen LogP contribution in [-0.4, -0.2) is 84.7 Å². The van der Waals surface area contributed by atoms with Gasteiger partial charge in [0.1, 0.15) is 30.2 Å². The van der Waals surface area contributed by atoms with Gasteiger partial charge in [0.2, 0.25) is 0 Å². The van der Waals surface area contributed by atoms with Gasteiger partial charge in [-0.3, -0.25) is 4.57 Å². The van der Waals surface area contributed by atoms with Gasteiger partial charge in [-0.05, 0) is 43.0 Å². The van der Waals surface area contributed by atoms with E-state index in [9.17, 15) is 15.0 Å². The van der Waals surface area contributed by atoms with Crippen molar-refractivity contribution >= 4 is 28.7 Å². The highest BCUT2D eigenvalue weighted by Gasteiger charge is 2.46. The van der Waals surface area contributed by atoms with Gasteiger partial charge in [-0.15, -0.1) is 0 Å². The van der Waals surface area contributed by atoms with Crippen LogP contribution in [0.25, 0.3) is 11.2 Å². The second kappa shape index (κ2) is 10.1. The minimum absolute atomic E-state index is 0.0592. The molecule has 1 aliphatic carbocycles. The van der Waals surface area contributed by atoms with Gasteiger partial charge >= 0.3 is 6.03 Å². The van der Waals surface area contributed by atoms with Crippen LogP contribution in [0.1, 0.15) is 45.4 Å². The molecule has 12 heteroatoms. The molecule has 1 aromatic carbocycles. The topological polar surface area (TPSA) is 164 Å². The van der Waals surface area contributed by atoms with Gasteiger partial charge in [0.05, 0.1) is 6.33 Å². The van der Waals surface area contributed by atoms with Crippen molar-refractivity contribution in [3.63, 3.8) is 0 Å². The Bertz CT molecular complexity index is 1280. The first-order valence-corrected chi connectivity index (χ1v) is 12.8. The van der Waals surface area contributed by atoms with E-state index in [4.69, 9.17) is 10.5 Å². The third-order valence-electron chi connectivity index (χ3n) is 7.55. The monoisotopic (exact) mass is 524 g/mol. The minimum atomic E-state index is -1.15. The normalized spacial score (nSPS) is 27.4. The molecule has 0 radical (unpaired) electrons. The first-order chi connectivity index (χ1) is 18.0. The van der Waals surface area contributed by atoms with E-state index in [0.717, 1.165) is 18.5 Å². The Morgan fingerprint density at radius 1 is 1.16 bits per heavy atom. The molecule has 0 bridgehead atoms. The molecule has 2 amide bonds. The van der Waals surface area contributed by atoms with Gasteiger partial charge in [0.15, 0.2) is 17.7 Å². The summed E-state index contributed by atoms with van der Waals surface area (Å²) in [5.74, 6) is 0.235. The lowest BCUT2D eigenvalue weighted by molar-refractivity contribution is -0.0494. The number of nitrogen functional groups attached to an aromatic ring is 1. The number of aliphatic hydroxyl groups excluding tert-OH is 2. The maximum absolute atomic E-state index is 12.5. The van der Waals surface area contributed by atoms with Crippen molar-refractivity contribution in [2.45, 2.75) is 75.7 Å². The molecule has 0 spiro atoms. The summed E-state index contributed by atoms with van der Waals surface area (Å²) in [5.41, 5.74) is 8.73. The highest BCUT2D eigenvalue weighted by atomic mass is 16.6. The SMILES string of the molecule is CN(C[C@H]1O[C@@H](n2cnc3c(N)ncnc32)[C@H](O)[C@@H]1O)C1CC(NC(=O)Nc2ccc(C(C)(C)C)cc2)C1. The third kappa shape index (κ3) is 5.17. The van der Waals surface area contributed by atoms with Crippen LogP contribution in [0.3, 0.4) is 0 Å². The molecule has 38 heavy (non-hydrogen) atoms. The lowest BCUT2D eigenvalue weighted by atomic mass is 9.85. The maximum Gasteiger partial charge on any atom is 0.319 e. The molecule has 12 nitrogen and oxygen atoms in total. The minimum Gasteiger partial charge on any atom is -0.387 e. The number of aliphatic hydroxyl groups is 2. The summed E-state index contributed by atoms with van der Waals surface area (Å²) in [6.07, 6.45) is 0.677. The summed E-state index contributed by atoms with van der Waals surface area (Å²) < 4.78 is 7.62. The number of nitrogens with zero attached hydrogens (tertiary/aromatic N) is 5. The number of rotatable bonds is 6. The first-order valence-electron chi connectivity index (χ1n) is 12.8. The van der Waals surface area contributed by atoms with E-state index in [1.165, 1.54) is 18.2 Å². The number of fused-ring (bicyclic) bond motifs is 1. The van der Waals surface area contributed by atoms with Gasteiger partial charge in [0, 0.05) is 24.3 Å². The lowest BCUT2D eigenvalue weighted by Crippen LogP contribution is -2.55. The van der Waals surface area contributed by atoms with Crippen LogP contribution in [0.4, 0.5) is 16.3 Å². The molecular formula is C26H36N8O4. The highest BCUT2D eigenvalue weighted by Crippen LogP contribution is 2.34. The molecule has 3 heterocycles. The van der Waals surface area contributed by atoms with Crippen molar-refractivity contribution in [1.82, 2.24) is 29.7 Å². The number of nitrogens with two attached hydrogens (primary N) is 1. The van der Waals surface area contributed by atoms with Crippen LogP contribution >= 0.6 is 0 Å². The van der Waals surface area contributed by atoms with E-state index in [1.807, 2.05) is 31.3 Å². The Labute approximate surface area is 221 Å². The maximum atomic E-state index is 12.5. The fraction of sp³-hybridized carbons (Fsp3) is 0.538. The number of hydrogen-bond acceptors (Lipinski definition) is 9. The zero-order valence-electron chi connectivity index (χ0n) is 22.1. The fourth-order valence-electron chi connectivity index (χ4n) is 5.07. The molecule has 0 unspecified atom stereocenters. The Morgan fingerprint density at radius 3 is 2.55 bits per heavy atom. The van der Waals surface area contributed by atoms with E-state index >= 15 is 0 Å². The van der Waals surface area contributed by atoms with E-state index in [1.54, 1.807) is 4.57 Å². The molecule has 1 saturated carbocycles. The number of carbonyl (C=O) groups excluding carboxylic acids is 1. The zero-order chi connectivity index (χ0) is 27.2. The number of ether oxygens (including phenoxy) is 1. The summed E-state index contributed by atoms with van der Waals surface area (Å²) in [4.78, 5) is 26.9. The smallest absolute Gasteiger partial charge is 0.319 e. The van der Waals surface area contributed by atoms with Gasteiger partial charge in [-0.2, -0.15) is 0 Å². The van der Waals surface area contributed by atoms with E-state index < -0.39 is 24.5 Å². The fourth-order valence-corrected chi connectivity index (χ4v) is 5.07. The van der Waals surface area contributed by atoms with E-state index in [2.05, 4.69) is 51.3 Å². The number of hydrogen-bond donors (Lipinski definition) is 5. The van der Waals surface area contributed by atoms with Crippen molar-refractivity contribution < 1.29 is 19.7 Å². The summed E-state index contributed by atoms with van der Waals surface area (Å²) in [6.45, 7) is 6.88. The Hall–Kier alpha value is -3.32. The number of carbonyl (C=O) groups is 1.